The molecule has 5 heteroatoms. The van der Waals surface area contributed by atoms with Crippen molar-refractivity contribution < 1.29 is 0 Å². The lowest BCUT2D eigenvalue weighted by Gasteiger charge is -2.29. The molecular formula is C24H33N5. The molecule has 4 N–H and O–H groups in total. The molecule has 154 valence electrons. The van der Waals surface area contributed by atoms with Gasteiger partial charge in [-0.2, -0.15) is 0 Å². The SMILES string of the molecule is C=CN(Cc1cc(C(=N)c2ccnc(C)c2)c(N)cc1NC)CC1CCCCC1. The maximum Gasteiger partial charge on any atom is 0.0706 e. The van der Waals surface area contributed by atoms with Crippen LogP contribution in [-0.4, -0.2) is 29.2 Å². The van der Waals surface area contributed by atoms with Gasteiger partial charge < -0.3 is 16.0 Å². The van der Waals surface area contributed by atoms with Gasteiger partial charge in [-0.15, -0.1) is 0 Å². The zero-order valence-electron chi connectivity index (χ0n) is 17.7. The number of hydrogen-bond donors (Lipinski definition) is 3. The van der Waals surface area contributed by atoms with Crippen LogP contribution in [0.4, 0.5) is 11.4 Å². The van der Waals surface area contributed by atoms with Gasteiger partial charge in [0.05, 0.1) is 5.71 Å². The van der Waals surface area contributed by atoms with E-state index in [0.29, 0.717) is 11.4 Å². The van der Waals surface area contributed by atoms with Crippen molar-refractivity contribution in [3.63, 3.8) is 0 Å². The first-order valence-corrected chi connectivity index (χ1v) is 10.5. The summed E-state index contributed by atoms with van der Waals surface area (Å²) in [6, 6.07) is 7.78. The third-order valence-corrected chi connectivity index (χ3v) is 5.85. The first-order valence-electron chi connectivity index (χ1n) is 10.5. The van der Waals surface area contributed by atoms with Crippen molar-refractivity contribution >= 4 is 17.1 Å². The number of nitrogens with two attached hydrogens (primary N) is 1. The third kappa shape index (κ3) is 5.17. The summed E-state index contributed by atoms with van der Waals surface area (Å²) >= 11 is 0. The molecule has 1 saturated carbocycles. The van der Waals surface area contributed by atoms with Crippen molar-refractivity contribution in [3.8, 4) is 0 Å². The van der Waals surface area contributed by atoms with Crippen molar-refractivity contribution in [1.82, 2.24) is 9.88 Å². The fourth-order valence-electron chi connectivity index (χ4n) is 4.22. The highest BCUT2D eigenvalue weighted by molar-refractivity contribution is 6.14. The molecule has 0 spiro atoms. The summed E-state index contributed by atoms with van der Waals surface area (Å²) in [6.07, 6.45) is 10.3. The monoisotopic (exact) mass is 391 g/mol. The van der Waals surface area contributed by atoms with E-state index in [9.17, 15) is 0 Å². The van der Waals surface area contributed by atoms with Gasteiger partial charge in [0, 0.05) is 54.5 Å². The summed E-state index contributed by atoms with van der Waals surface area (Å²) in [5.41, 5.74) is 12.0. The van der Waals surface area contributed by atoms with Crippen molar-refractivity contribution in [1.29, 1.82) is 5.41 Å². The van der Waals surface area contributed by atoms with Gasteiger partial charge in [0.25, 0.3) is 0 Å². The Hall–Kier alpha value is -2.82. The van der Waals surface area contributed by atoms with E-state index >= 15 is 0 Å². The average Bonchev–Trinajstić information content (AvgIpc) is 2.74. The number of nitrogens with zero attached hydrogens (tertiary/aromatic N) is 2. The lowest BCUT2D eigenvalue weighted by molar-refractivity contribution is 0.250. The van der Waals surface area contributed by atoms with Gasteiger partial charge in [-0.05, 0) is 61.7 Å². The Balaban J connectivity index is 1.86. The number of benzene rings is 1. The Morgan fingerprint density at radius 2 is 2.07 bits per heavy atom. The lowest BCUT2D eigenvalue weighted by Crippen LogP contribution is -2.26. The summed E-state index contributed by atoms with van der Waals surface area (Å²) in [4.78, 5) is 6.53. The standard InChI is InChI=1S/C24H33N5/c1-4-29(15-18-8-6-5-7-9-18)16-20-13-21(22(25)14-23(20)27-3)24(26)19-10-11-28-17(2)12-19/h4,10-14,18,26-27H,1,5-9,15-16,25H2,2-3H3. The highest BCUT2D eigenvalue weighted by Gasteiger charge is 2.18. The second kappa shape index (κ2) is 9.59. The molecule has 29 heavy (non-hydrogen) atoms. The molecule has 2 aromatic rings. The van der Waals surface area contributed by atoms with E-state index in [1.807, 2.05) is 38.4 Å². The Labute approximate surface area is 174 Å². The van der Waals surface area contributed by atoms with E-state index in [2.05, 4.69) is 27.8 Å². The second-order valence-electron chi connectivity index (χ2n) is 8.02. The van der Waals surface area contributed by atoms with E-state index in [1.54, 1.807) is 6.20 Å². The molecule has 0 amide bonds. The molecule has 1 heterocycles. The molecule has 1 aliphatic carbocycles. The number of nitrogens with one attached hydrogen (secondary N) is 2. The van der Waals surface area contributed by atoms with Gasteiger partial charge >= 0.3 is 0 Å². The number of rotatable bonds is 8. The van der Waals surface area contributed by atoms with Crippen molar-refractivity contribution in [2.75, 3.05) is 24.6 Å². The Morgan fingerprint density at radius 3 is 2.72 bits per heavy atom. The highest BCUT2D eigenvalue weighted by Crippen LogP contribution is 2.29. The predicted octanol–water partition coefficient (Wildman–Crippen LogP) is 4.96. The molecule has 0 saturated heterocycles. The van der Waals surface area contributed by atoms with E-state index in [0.717, 1.165) is 47.1 Å². The van der Waals surface area contributed by atoms with Crippen molar-refractivity contribution in [3.05, 3.63) is 65.6 Å². The maximum absolute atomic E-state index is 8.70. The number of hydrogen-bond acceptors (Lipinski definition) is 5. The normalized spacial score (nSPS) is 14.4. The third-order valence-electron chi connectivity index (χ3n) is 5.85. The van der Waals surface area contributed by atoms with Crippen molar-refractivity contribution in [2.24, 2.45) is 5.92 Å². The van der Waals surface area contributed by atoms with Crippen LogP contribution in [0.2, 0.25) is 0 Å². The molecule has 1 fully saturated rings. The van der Waals surface area contributed by atoms with Crippen LogP contribution in [0.25, 0.3) is 0 Å². The lowest BCUT2D eigenvalue weighted by atomic mass is 9.89. The smallest absolute Gasteiger partial charge is 0.0706 e. The summed E-state index contributed by atoms with van der Waals surface area (Å²) in [7, 11) is 1.91. The van der Waals surface area contributed by atoms with Crippen LogP contribution < -0.4 is 11.1 Å². The summed E-state index contributed by atoms with van der Waals surface area (Å²) in [5.74, 6) is 0.742. The molecule has 0 atom stereocenters. The quantitative estimate of drug-likeness (QED) is 0.439. The number of anilines is 2. The molecule has 1 aliphatic rings. The highest BCUT2D eigenvalue weighted by atomic mass is 15.1. The van der Waals surface area contributed by atoms with Gasteiger partial charge in [-0.3, -0.25) is 10.4 Å². The number of nitrogen functional groups attached to an aromatic ring is 1. The largest absolute Gasteiger partial charge is 0.398 e. The molecule has 1 aromatic carbocycles. The fourth-order valence-corrected chi connectivity index (χ4v) is 4.22. The zero-order chi connectivity index (χ0) is 20.8. The van der Waals surface area contributed by atoms with E-state index in [4.69, 9.17) is 11.1 Å². The van der Waals surface area contributed by atoms with E-state index in [-0.39, 0.29) is 0 Å². The Bertz CT molecular complexity index is 868. The number of aryl methyl sites for hydroxylation is 1. The molecule has 3 rings (SSSR count). The Morgan fingerprint density at radius 1 is 1.31 bits per heavy atom. The van der Waals surface area contributed by atoms with Crippen LogP contribution >= 0.6 is 0 Å². The summed E-state index contributed by atoms with van der Waals surface area (Å²) in [6.45, 7) is 7.77. The van der Waals surface area contributed by atoms with Crippen LogP contribution in [-0.2, 0) is 6.54 Å². The molecule has 0 radical (unpaired) electrons. The first kappa shape index (κ1) is 20.9. The van der Waals surface area contributed by atoms with Crippen LogP contribution in [0.5, 0.6) is 0 Å². The van der Waals surface area contributed by atoms with E-state index < -0.39 is 0 Å². The second-order valence-corrected chi connectivity index (χ2v) is 8.02. The van der Waals surface area contributed by atoms with Crippen LogP contribution in [0.15, 0.2) is 43.2 Å². The summed E-state index contributed by atoms with van der Waals surface area (Å²) < 4.78 is 0. The predicted molar refractivity (Wildman–Crippen MR) is 122 cm³/mol. The van der Waals surface area contributed by atoms with Crippen LogP contribution in [0, 0.1) is 18.3 Å². The van der Waals surface area contributed by atoms with Gasteiger partial charge in [0.1, 0.15) is 0 Å². The Kier molecular flexibility index (Phi) is 6.91. The molecule has 0 unspecified atom stereocenters. The van der Waals surface area contributed by atoms with Gasteiger partial charge in [0.2, 0.25) is 0 Å². The summed E-state index contributed by atoms with van der Waals surface area (Å²) in [5, 5.41) is 12.0. The first-order chi connectivity index (χ1) is 14.0. The minimum Gasteiger partial charge on any atom is -0.398 e. The van der Waals surface area contributed by atoms with E-state index in [1.165, 1.54) is 32.1 Å². The molecule has 0 aliphatic heterocycles. The molecule has 0 bridgehead atoms. The molecule has 5 nitrogen and oxygen atoms in total. The van der Waals surface area contributed by atoms with Gasteiger partial charge in [0.15, 0.2) is 0 Å². The molecule has 1 aromatic heterocycles. The number of aromatic nitrogens is 1. The zero-order valence-corrected chi connectivity index (χ0v) is 17.7. The average molecular weight is 392 g/mol. The topological polar surface area (TPSA) is 78.0 Å². The maximum atomic E-state index is 8.70. The van der Waals surface area contributed by atoms with Crippen LogP contribution in [0.3, 0.4) is 0 Å². The van der Waals surface area contributed by atoms with Gasteiger partial charge in [-0.25, -0.2) is 0 Å². The molecular weight excluding hydrogens is 358 g/mol. The number of pyridine rings is 1. The van der Waals surface area contributed by atoms with Gasteiger partial charge in [-0.1, -0.05) is 25.8 Å². The minimum atomic E-state index is 0.425. The van der Waals surface area contributed by atoms with Crippen molar-refractivity contribution in [2.45, 2.75) is 45.6 Å². The fraction of sp³-hybridized carbons (Fsp3) is 0.417. The van der Waals surface area contributed by atoms with Crippen LogP contribution in [0.1, 0.15) is 54.5 Å². The minimum absolute atomic E-state index is 0.425.